The van der Waals surface area contributed by atoms with E-state index in [0.717, 1.165) is 10.2 Å². The second-order valence-electron chi connectivity index (χ2n) is 3.49. The van der Waals surface area contributed by atoms with Crippen LogP contribution in [0.25, 0.3) is 0 Å². The lowest BCUT2D eigenvalue weighted by Gasteiger charge is -2.30. The minimum atomic E-state index is 0.0579. The smallest absolute Gasteiger partial charge is 0.155 e. The summed E-state index contributed by atoms with van der Waals surface area (Å²) in [6.07, 6.45) is 6.06. The summed E-state index contributed by atoms with van der Waals surface area (Å²) in [6.45, 7) is 1.99. The number of allylic oxidation sites excluding steroid dienone is 2. The standard InChI is InChI=1S/C10H11BrClN3/c1-7-6-9(12)13-15(7)10-8(11)4-3-5-14(10)2/h3-6,10H,1-2H3. The van der Waals surface area contributed by atoms with Crippen molar-refractivity contribution in [2.75, 3.05) is 7.05 Å². The first-order valence-corrected chi connectivity index (χ1v) is 5.74. The van der Waals surface area contributed by atoms with Crippen LogP contribution >= 0.6 is 27.5 Å². The monoisotopic (exact) mass is 287 g/mol. The van der Waals surface area contributed by atoms with Crippen LogP contribution < -0.4 is 0 Å². The average Bonchev–Trinajstić information content (AvgIpc) is 2.45. The van der Waals surface area contributed by atoms with Gasteiger partial charge in [-0.1, -0.05) is 27.5 Å². The summed E-state index contributed by atoms with van der Waals surface area (Å²) in [5.74, 6) is 0. The number of hydrogen-bond acceptors (Lipinski definition) is 2. The van der Waals surface area contributed by atoms with E-state index < -0.39 is 0 Å². The molecule has 80 valence electrons. The minimum Gasteiger partial charge on any atom is -0.355 e. The summed E-state index contributed by atoms with van der Waals surface area (Å²) in [4.78, 5) is 2.07. The Kier molecular flexibility index (Phi) is 2.89. The van der Waals surface area contributed by atoms with Gasteiger partial charge in [-0.3, -0.25) is 0 Å². The van der Waals surface area contributed by atoms with Gasteiger partial charge in [-0.2, -0.15) is 5.10 Å². The maximum Gasteiger partial charge on any atom is 0.155 e. The fourth-order valence-electron chi connectivity index (χ4n) is 1.62. The predicted octanol–water partition coefficient (Wildman–Crippen LogP) is 3.08. The molecule has 1 unspecified atom stereocenters. The van der Waals surface area contributed by atoms with Gasteiger partial charge in [0.1, 0.15) is 0 Å². The van der Waals surface area contributed by atoms with Crippen LogP contribution in [-0.4, -0.2) is 21.7 Å². The number of nitrogens with zero attached hydrogens (tertiary/aromatic N) is 3. The summed E-state index contributed by atoms with van der Waals surface area (Å²) < 4.78 is 2.96. The molecule has 3 nitrogen and oxygen atoms in total. The second kappa shape index (κ2) is 4.02. The largest absolute Gasteiger partial charge is 0.355 e. The van der Waals surface area contributed by atoms with E-state index in [1.54, 1.807) is 0 Å². The number of likely N-dealkylation sites (N-methyl/N-ethyl adjacent to an activating group) is 1. The lowest BCUT2D eigenvalue weighted by molar-refractivity contribution is 0.271. The fourth-order valence-corrected chi connectivity index (χ4v) is 2.53. The molecule has 0 aromatic carbocycles. The Morgan fingerprint density at radius 1 is 1.53 bits per heavy atom. The Hall–Kier alpha value is -0.740. The highest BCUT2D eigenvalue weighted by Crippen LogP contribution is 2.30. The van der Waals surface area contributed by atoms with Crippen LogP contribution in [0.3, 0.4) is 0 Å². The lowest BCUT2D eigenvalue weighted by Crippen LogP contribution is -2.28. The highest BCUT2D eigenvalue weighted by molar-refractivity contribution is 9.11. The molecular formula is C10H11BrClN3. The average molecular weight is 289 g/mol. The highest BCUT2D eigenvalue weighted by atomic mass is 79.9. The van der Waals surface area contributed by atoms with E-state index in [1.807, 2.05) is 43.1 Å². The van der Waals surface area contributed by atoms with Crippen LogP contribution in [0.1, 0.15) is 11.9 Å². The Morgan fingerprint density at radius 3 is 2.80 bits per heavy atom. The van der Waals surface area contributed by atoms with Crippen LogP contribution in [-0.2, 0) is 0 Å². The van der Waals surface area contributed by atoms with Gasteiger partial charge in [0.15, 0.2) is 11.3 Å². The van der Waals surface area contributed by atoms with E-state index in [4.69, 9.17) is 11.6 Å². The number of rotatable bonds is 1. The zero-order chi connectivity index (χ0) is 11.0. The molecule has 5 heteroatoms. The van der Waals surface area contributed by atoms with Crippen molar-refractivity contribution >= 4 is 27.5 Å². The summed E-state index contributed by atoms with van der Waals surface area (Å²) in [6, 6.07) is 1.86. The molecule has 0 spiro atoms. The first-order valence-electron chi connectivity index (χ1n) is 4.57. The first-order chi connectivity index (χ1) is 7.09. The molecule has 0 bridgehead atoms. The summed E-state index contributed by atoms with van der Waals surface area (Å²) in [5, 5.41) is 4.79. The molecular weight excluding hydrogens is 277 g/mol. The number of aryl methyl sites for hydroxylation is 1. The van der Waals surface area contributed by atoms with Gasteiger partial charge >= 0.3 is 0 Å². The van der Waals surface area contributed by atoms with E-state index in [9.17, 15) is 0 Å². The Labute approximate surface area is 102 Å². The van der Waals surface area contributed by atoms with Crippen molar-refractivity contribution in [3.8, 4) is 0 Å². The molecule has 15 heavy (non-hydrogen) atoms. The van der Waals surface area contributed by atoms with Crippen LogP contribution in [0.5, 0.6) is 0 Å². The number of halogens is 2. The second-order valence-corrected chi connectivity index (χ2v) is 4.79. The third-order valence-corrected chi connectivity index (χ3v) is 3.19. The molecule has 0 fully saturated rings. The van der Waals surface area contributed by atoms with Gasteiger partial charge < -0.3 is 4.90 Å². The summed E-state index contributed by atoms with van der Waals surface area (Å²) in [5.41, 5.74) is 1.04. The first kappa shape index (κ1) is 10.8. The van der Waals surface area contributed by atoms with Crippen molar-refractivity contribution in [3.05, 3.63) is 39.7 Å². The minimum absolute atomic E-state index is 0.0579. The summed E-state index contributed by atoms with van der Waals surface area (Å²) >= 11 is 9.42. The number of hydrogen-bond donors (Lipinski definition) is 0. The molecule has 1 atom stereocenters. The molecule has 1 aromatic rings. The highest BCUT2D eigenvalue weighted by Gasteiger charge is 2.22. The van der Waals surface area contributed by atoms with E-state index in [2.05, 4.69) is 25.9 Å². The SMILES string of the molecule is Cc1cc(Cl)nn1C1C(Br)=CC=CN1C. The van der Waals surface area contributed by atoms with Gasteiger partial charge in [0.2, 0.25) is 0 Å². The van der Waals surface area contributed by atoms with Crippen molar-refractivity contribution in [1.82, 2.24) is 14.7 Å². The Morgan fingerprint density at radius 2 is 2.27 bits per heavy atom. The zero-order valence-electron chi connectivity index (χ0n) is 8.48. The predicted molar refractivity (Wildman–Crippen MR) is 64.9 cm³/mol. The fraction of sp³-hybridized carbons (Fsp3) is 0.300. The van der Waals surface area contributed by atoms with Crippen LogP contribution in [0.2, 0.25) is 5.15 Å². The van der Waals surface area contributed by atoms with Crippen LogP contribution in [0.15, 0.2) is 28.9 Å². The third-order valence-electron chi connectivity index (χ3n) is 2.33. The molecule has 0 saturated heterocycles. The van der Waals surface area contributed by atoms with Gasteiger partial charge in [-0.15, -0.1) is 0 Å². The Bertz CT molecular complexity index is 436. The van der Waals surface area contributed by atoms with Crippen LogP contribution in [0.4, 0.5) is 0 Å². The van der Waals surface area contributed by atoms with Gasteiger partial charge in [0.05, 0.1) is 0 Å². The van der Waals surface area contributed by atoms with Crippen molar-refractivity contribution in [2.45, 2.75) is 13.1 Å². The molecule has 1 aliphatic rings. The van der Waals surface area contributed by atoms with Gasteiger partial charge in [0, 0.05) is 23.4 Å². The van der Waals surface area contributed by atoms with Gasteiger partial charge in [-0.25, -0.2) is 4.68 Å². The zero-order valence-corrected chi connectivity index (χ0v) is 10.8. The lowest BCUT2D eigenvalue weighted by atomic mass is 10.3. The van der Waals surface area contributed by atoms with E-state index in [1.165, 1.54) is 0 Å². The topological polar surface area (TPSA) is 21.1 Å². The number of aromatic nitrogens is 2. The van der Waals surface area contributed by atoms with Gasteiger partial charge in [-0.05, 0) is 25.1 Å². The summed E-state index contributed by atoms with van der Waals surface area (Å²) in [7, 11) is 2.00. The third kappa shape index (κ3) is 1.96. The molecule has 2 rings (SSSR count). The quantitative estimate of drug-likeness (QED) is 0.792. The Balaban J connectivity index is 2.42. The normalized spacial score (nSPS) is 20.7. The van der Waals surface area contributed by atoms with Crippen molar-refractivity contribution in [2.24, 2.45) is 0 Å². The molecule has 1 aromatic heterocycles. The maximum absolute atomic E-state index is 5.88. The van der Waals surface area contributed by atoms with Crippen molar-refractivity contribution in [1.29, 1.82) is 0 Å². The maximum atomic E-state index is 5.88. The van der Waals surface area contributed by atoms with Crippen molar-refractivity contribution < 1.29 is 0 Å². The molecule has 0 aliphatic carbocycles. The molecule has 2 heterocycles. The molecule has 0 amide bonds. The van der Waals surface area contributed by atoms with E-state index in [-0.39, 0.29) is 6.17 Å². The van der Waals surface area contributed by atoms with Gasteiger partial charge in [0.25, 0.3) is 0 Å². The van der Waals surface area contributed by atoms with E-state index >= 15 is 0 Å². The van der Waals surface area contributed by atoms with E-state index in [0.29, 0.717) is 5.15 Å². The molecule has 0 N–H and O–H groups in total. The molecule has 0 radical (unpaired) electrons. The van der Waals surface area contributed by atoms with Crippen LogP contribution in [0, 0.1) is 6.92 Å². The molecule has 0 saturated carbocycles. The van der Waals surface area contributed by atoms with Crippen molar-refractivity contribution in [3.63, 3.8) is 0 Å². The molecule has 1 aliphatic heterocycles.